The van der Waals surface area contributed by atoms with Crippen LogP contribution in [0.3, 0.4) is 0 Å². The second-order valence-corrected chi connectivity index (χ2v) is 4.87. The van der Waals surface area contributed by atoms with Gasteiger partial charge in [-0.1, -0.05) is 6.08 Å². The van der Waals surface area contributed by atoms with Crippen molar-refractivity contribution in [3.05, 3.63) is 36.4 Å². The molecule has 3 rings (SSSR count). The normalized spacial score (nSPS) is 16.2. The molecule has 2 aromatic rings. The summed E-state index contributed by atoms with van der Waals surface area (Å²) in [4.78, 5) is 27.1. The van der Waals surface area contributed by atoms with Gasteiger partial charge in [-0.05, 0) is 19.1 Å². The molecule has 1 saturated heterocycles. The number of pyridine rings is 1. The van der Waals surface area contributed by atoms with E-state index in [0.29, 0.717) is 16.8 Å². The maximum atomic E-state index is 12.6. The van der Waals surface area contributed by atoms with E-state index in [1.165, 1.54) is 6.33 Å². The Bertz CT molecular complexity index is 691. The number of hydrogen-bond donors (Lipinski definition) is 1. The minimum absolute atomic E-state index is 0.0303. The molecule has 1 N–H and O–H groups in total. The number of allylic oxidation sites excluding steroid dienone is 1. The van der Waals surface area contributed by atoms with Crippen LogP contribution in [0.1, 0.15) is 12.6 Å². The van der Waals surface area contributed by atoms with Crippen LogP contribution in [0, 0.1) is 0 Å². The minimum Gasteiger partial charge on any atom is -0.336 e. The third-order valence-electron chi connectivity index (χ3n) is 3.56. The lowest BCUT2D eigenvalue weighted by Crippen LogP contribution is -2.46. The van der Waals surface area contributed by atoms with E-state index in [1.807, 2.05) is 30.0 Å². The molecule has 1 fully saturated rings. The molecule has 6 heteroatoms. The Morgan fingerprint density at radius 2 is 2.10 bits per heavy atom. The zero-order valence-electron chi connectivity index (χ0n) is 11.9. The number of carbonyl (C=O) groups excluding carboxylic acids is 1. The van der Waals surface area contributed by atoms with Gasteiger partial charge in [-0.25, -0.2) is 15.0 Å². The van der Waals surface area contributed by atoms with Gasteiger partial charge in [-0.2, -0.15) is 0 Å². The molecule has 0 atom stereocenters. The van der Waals surface area contributed by atoms with Crippen molar-refractivity contribution in [2.75, 3.05) is 26.2 Å². The van der Waals surface area contributed by atoms with Crippen LogP contribution < -0.4 is 5.32 Å². The maximum absolute atomic E-state index is 12.6. The van der Waals surface area contributed by atoms with E-state index < -0.39 is 0 Å². The summed E-state index contributed by atoms with van der Waals surface area (Å²) in [6, 6.07) is 3.71. The van der Waals surface area contributed by atoms with Gasteiger partial charge in [0, 0.05) is 26.2 Å². The zero-order valence-corrected chi connectivity index (χ0v) is 11.9. The van der Waals surface area contributed by atoms with E-state index >= 15 is 0 Å². The average molecular weight is 283 g/mol. The molecule has 0 saturated carbocycles. The molecule has 0 bridgehead atoms. The molecule has 2 aromatic heterocycles. The topological polar surface area (TPSA) is 71.0 Å². The first kappa shape index (κ1) is 13.6. The SMILES string of the molecule is CC=C(C(=O)N1CCNCC1)c1ccc2ncncc2n1. The van der Waals surface area contributed by atoms with Gasteiger partial charge in [-0.15, -0.1) is 0 Å². The Morgan fingerprint density at radius 3 is 2.86 bits per heavy atom. The Morgan fingerprint density at radius 1 is 1.29 bits per heavy atom. The first-order chi connectivity index (χ1) is 10.3. The maximum Gasteiger partial charge on any atom is 0.255 e. The highest BCUT2D eigenvalue weighted by Gasteiger charge is 2.21. The van der Waals surface area contributed by atoms with Crippen LogP contribution in [0.4, 0.5) is 0 Å². The summed E-state index contributed by atoms with van der Waals surface area (Å²) in [7, 11) is 0. The first-order valence-corrected chi connectivity index (χ1v) is 7.03. The van der Waals surface area contributed by atoms with Gasteiger partial charge < -0.3 is 10.2 Å². The number of rotatable bonds is 2. The Balaban J connectivity index is 1.92. The van der Waals surface area contributed by atoms with Gasteiger partial charge in [0.05, 0.1) is 23.0 Å². The fourth-order valence-electron chi connectivity index (χ4n) is 2.44. The van der Waals surface area contributed by atoms with Crippen molar-refractivity contribution >= 4 is 22.5 Å². The van der Waals surface area contributed by atoms with Crippen LogP contribution in [-0.2, 0) is 4.79 Å². The van der Waals surface area contributed by atoms with Crippen molar-refractivity contribution in [2.24, 2.45) is 0 Å². The summed E-state index contributed by atoms with van der Waals surface area (Å²) in [6.07, 6.45) is 4.98. The number of carbonyl (C=O) groups is 1. The van der Waals surface area contributed by atoms with Crippen molar-refractivity contribution in [1.29, 1.82) is 0 Å². The van der Waals surface area contributed by atoms with Crippen LogP contribution in [0.5, 0.6) is 0 Å². The number of fused-ring (bicyclic) bond motifs is 1. The standard InChI is InChI=1S/C15H17N5O/c1-2-11(15(21)20-7-5-16-6-8-20)12-3-4-13-14(19-12)9-17-10-18-13/h2-4,9-10,16H,5-8H2,1H3. The van der Waals surface area contributed by atoms with E-state index in [4.69, 9.17) is 0 Å². The van der Waals surface area contributed by atoms with E-state index in [2.05, 4.69) is 20.3 Å². The lowest BCUT2D eigenvalue weighted by Gasteiger charge is -2.28. The van der Waals surface area contributed by atoms with Crippen LogP contribution in [0.2, 0.25) is 0 Å². The first-order valence-electron chi connectivity index (χ1n) is 7.03. The molecular formula is C15H17N5O. The van der Waals surface area contributed by atoms with Crippen molar-refractivity contribution < 1.29 is 4.79 Å². The molecule has 0 radical (unpaired) electrons. The lowest BCUT2D eigenvalue weighted by atomic mass is 10.1. The van der Waals surface area contributed by atoms with Crippen molar-refractivity contribution in [1.82, 2.24) is 25.2 Å². The van der Waals surface area contributed by atoms with Crippen molar-refractivity contribution in [2.45, 2.75) is 6.92 Å². The van der Waals surface area contributed by atoms with Gasteiger partial charge in [0.1, 0.15) is 11.8 Å². The molecule has 0 spiro atoms. The summed E-state index contributed by atoms with van der Waals surface area (Å²) in [6.45, 7) is 4.99. The third kappa shape index (κ3) is 2.75. The van der Waals surface area contributed by atoms with Crippen LogP contribution in [0.15, 0.2) is 30.7 Å². The Labute approximate surface area is 122 Å². The summed E-state index contributed by atoms with van der Waals surface area (Å²) in [5.41, 5.74) is 2.77. The van der Waals surface area contributed by atoms with Gasteiger partial charge in [-0.3, -0.25) is 4.79 Å². The summed E-state index contributed by atoms with van der Waals surface area (Å²) < 4.78 is 0. The highest BCUT2D eigenvalue weighted by molar-refractivity contribution is 6.19. The van der Waals surface area contributed by atoms with E-state index in [9.17, 15) is 4.79 Å². The third-order valence-corrected chi connectivity index (χ3v) is 3.56. The number of piperazine rings is 1. The molecule has 0 unspecified atom stereocenters. The summed E-state index contributed by atoms with van der Waals surface area (Å²) in [5.74, 6) is 0.0303. The molecule has 3 heterocycles. The van der Waals surface area contributed by atoms with Crippen molar-refractivity contribution in [3.63, 3.8) is 0 Å². The van der Waals surface area contributed by atoms with Crippen LogP contribution in [-0.4, -0.2) is 51.9 Å². The minimum atomic E-state index is 0.0303. The second kappa shape index (κ2) is 5.97. The molecule has 6 nitrogen and oxygen atoms in total. The number of aromatic nitrogens is 3. The molecule has 1 aliphatic heterocycles. The fraction of sp³-hybridized carbons (Fsp3) is 0.333. The largest absolute Gasteiger partial charge is 0.336 e. The van der Waals surface area contributed by atoms with Crippen LogP contribution >= 0.6 is 0 Å². The van der Waals surface area contributed by atoms with Gasteiger partial charge in [0.25, 0.3) is 5.91 Å². The second-order valence-electron chi connectivity index (χ2n) is 4.87. The van der Waals surface area contributed by atoms with Gasteiger partial charge in [0.15, 0.2) is 0 Å². The smallest absolute Gasteiger partial charge is 0.255 e. The van der Waals surface area contributed by atoms with E-state index in [-0.39, 0.29) is 5.91 Å². The quantitative estimate of drug-likeness (QED) is 0.828. The van der Waals surface area contributed by atoms with Crippen LogP contribution in [0.25, 0.3) is 16.6 Å². The fourth-order valence-corrected chi connectivity index (χ4v) is 2.44. The van der Waals surface area contributed by atoms with Gasteiger partial charge >= 0.3 is 0 Å². The number of nitrogens with one attached hydrogen (secondary N) is 1. The average Bonchev–Trinajstić information content (AvgIpc) is 2.56. The predicted octanol–water partition coefficient (Wildman–Crippen LogP) is 0.860. The molecule has 1 aliphatic rings. The molecule has 1 amide bonds. The molecule has 108 valence electrons. The lowest BCUT2D eigenvalue weighted by molar-refractivity contribution is -0.125. The zero-order chi connectivity index (χ0) is 14.7. The Kier molecular flexibility index (Phi) is 3.87. The molecular weight excluding hydrogens is 266 g/mol. The monoisotopic (exact) mass is 283 g/mol. The number of hydrogen-bond acceptors (Lipinski definition) is 5. The highest BCUT2D eigenvalue weighted by atomic mass is 16.2. The highest BCUT2D eigenvalue weighted by Crippen LogP contribution is 2.18. The summed E-state index contributed by atoms with van der Waals surface area (Å²) in [5, 5.41) is 3.24. The Hall–Kier alpha value is -2.34. The van der Waals surface area contributed by atoms with Gasteiger partial charge in [0.2, 0.25) is 0 Å². The number of amides is 1. The predicted molar refractivity (Wildman–Crippen MR) is 80.4 cm³/mol. The molecule has 21 heavy (non-hydrogen) atoms. The van der Waals surface area contributed by atoms with Crippen molar-refractivity contribution in [3.8, 4) is 0 Å². The summed E-state index contributed by atoms with van der Waals surface area (Å²) >= 11 is 0. The molecule has 0 aliphatic carbocycles. The number of nitrogens with zero attached hydrogens (tertiary/aromatic N) is 4. The van der Waals surface area contributed by atoms with E-state index in [1.54, 1.807) is 6.20 Å². The molecule has 0 aromatic carbocycles. The van der Waals surface area contributed by atoms with E-state index in [0.717, 1.165) is 31.7 Å².